The van der Waals surface area contributed by atoms with Crippen LogP contribution in [0.3, 0.4) is 0 Å². The first kappa shape index (κ1) is 18.3. The largest absolute Gasteiger partial charge is 0.497 e. The Bertz CT molecular complexity index is 805. The number of hydrogen-bond acceptors (Lipinski definition) is 5. The third-order valence-corrected chi connectivity index (χ3v) is 7.41. The Hall–Kier alpha value is -1.54. The normalized spacial score (nSPS) is 26.2. The predicted molar refractivity (Wildman–Crippen MR) is 101 cm³/mol. The number of aliphatic imine (C=N–C) groups is 1. The molecule has 0 saturated carbocycles. The molecule has 2 heterocycles. The Morgan fingerprint density at radius 1 is 1.40 bits per heavy atom. The van der Waals surface area contributed by atoms with Crippen LogP contribution in [0.4, 0.5) is 5.69 Å². The van der Waals surface area contributed by atoms with E-state index in [-0.39, 0.29) is 34.6 Å². The number of amides is 1. The summed E-state index contributed by atoms with van der Waals surface area (Å²) in [5, 5.41) is 0.491. The van der Waals surface area contributed by atoms with Gasteiger partial charge in [0.25, 0.3) is 0 Å². The lowest BCUT2D eigenvalue weighted by Gasteiger charge is -2.24. The molecule has 6 nitrogen and oxygen atoms in total. The van der Waals surface area contributed by atoms with Crippen molar-refractivity contribution < 1.29 is 17.9 Å². The maximum absolute atomic E-state index is 12.2. The number of rotatable bonds is 4. The molecule has 1 aromatic rings. The average molecular weight is 383 g/mol. The zero-order valence-electron chi connectivity index (χ0n) is 14.5. The minimum absolute atomic E-state index is 0.0826. The van der Waals surface area contributed by atoms with Crippen molar-refractivity contribution in [3.63, 3.8) is 0 Å². The molecule has 1 amide bonds. The highest BCUT2D eigenvalue weighted by atomic mass is 32.2. The van der Waals surface area contributed by atoms with E-state index in [1.54, 1.807) is 7.11 Å². The zero-order chi connectivity index (χ0) is 18.2. The molecule has 136 valence electrons. The first-order valence-corrected chi connectivity index (χ1v) is 10.9. The van der Waals surface area contributed by atoms with Gasteiger partial charge in [-0.15, -0.1) is 0 Å². The fraction of sp³-hybridized carbons (Fsp3) is 0.529. The number of hydrogen-bond donors (Lipinski definition) is 0. The fourth-order valence-corrected chi connectivity index (χ4v) is 7.06. The second-order valence-corrected chi connectivity index (χ2v) is 10.1. The molecule has 0 aliphatic carbocycles. The summed E-state index contributed by atoms with van der Waals surface area (Å²) < 4.78 is 29.4. The summed E-state index contributed by atoms with van der Waals surface area (Å²) in [5.74, 6) is 0.945. The Labute approximate surface area is 152 Å². The summed E-state index contributed by atoms with van der Waals surface area (Å²) in [4.78, 5) is 18.4. The van der Waals surface area contributed by atoms with Crippen LogP contribution in [0.1, 0.15) is 20.3 Å². The molecule has 2 aliphatic heterocycles. The molecule has 0 radical (unpaired) electrons. The van der Waals surface area contributed by atoms with Crippen molar-refractivity contribution in [2.75, 3.05) is 23.5 Å². The van der Waals surface area contributed by atoms with E-state index in [4.69, 9.17) is 4.74 Å². The summed E-state index contributed by atoms with van der Waals surface area (Å²) in [6.07, 6.45) is 0.379. The van der Waals surface area contributed by atoms with E-state index >= 15 is 0 Å². The van der Waals surface area contributed by atoms with E-state index in [0.29, 0.717) is 17.3 Å². The van der Waals surface area contributed by atoms with Crippen LogP contribution in [0.5, 0.6) is 5.75 Å². The summed E-state index contributed by atoms with van der Waals surface area (Å²) in [6.45, 7) is 3.95. The number of anilines is 1. The smallest absolute Gasteiger partial charge is 0.248 e. The lowest BCUT2D eigenvalue weighted by molar-refractivity contribution is -0.118. The van der Waals surface area contributed by atoms with E-state index in [9.17, 15) is 13.2 Å². The van der Waals surface area contributed by atoms with Gasteiger partial charge in [0.05, 0.1) is 24.7 Å². The molecule has 0 aromatic heterocycles. The van der Waals surface area contributed by atoms with Gasteiger partial charge in [-0.2, -0.15) is 4.99 Å². The number of amidine groups is 1. The summed E-state index contributed by atoms with van der Waals surface area (Å²) in [7, 11) is -1.48. The van der Waals surface area contributed by atoms with Gasteiger partial charge in [-0.25, -0.2) is 8.42 Å². The van der Waals surface area contributed by atoms with Gasteiger partial charge >= 0.3 is 0 Å². The number of carbonyl (C=O) groups excluding carboxylic acids is 1. The zero-order valence-corrected chi connectivity index (χ0v) is 16.1. The highest BCUT2D eigenvalue weighted by molar-refractivity contribution is 8.16. The summed E-state index contributed by atoms with van der Waals surface area (Å²) >= 11 is 1.39. The van der Waals surface area contributed by atoms with E-state index in [0.717, 1.165) is 5.69 Å². The molecule has 0 spiro atoms. The lowest BCUT2D eigenvalue weighted by Crippen LogP contribution is -2.37. The molecule has 1 aromatic carbocycles. The SMILES string of the molecule is COc1cccc(N2C(=NC(=O)CC(C)C)S[C@H]3CS(=O)(=O)C[C@H]32)c1. The van der Waals surface area contributed by atoms with Gasteiger partial charge in [0.15, 0.2) is 15.0 Å². The molecule has 25 heavy (non-hydrogen) atoms. The summed E-state index contributed by atoms with van der Waals surface area (Å²) in [5.41, 5.74) is 0.799. The Morgan fingerprint density at radius 3 is 2.84 bits per heavy atom. The van der Waals surface area contributed by atoms with Crippen LogP contribution in [-0.4, -0.2) is 49.4 Å². The van der Waals surface area contributed by atoms with Gasteiger partial charge in [0.1, 0.15) is 5.75 Å². The van der Waals surface area contributed by atoms with Crippen LogP contribution in [0.2, 0.25) is 0 Å². The number of benzene rings is 1. The maximum atomic E-state index is 12.2. The molecule has 0 bridgehead atoms. The number of thioether (sulfide) groups is 1. The first-order chi connectivity index (χ1) is 11.8. The lowest BCUT2D eigenvalue weighted by atomic mass is 10.1. The second kappa shape index (κ2) is 6.99. The maximum Gasteiger partial charge on any atom is 0.248 e. The average Bonchev–Trinajstić information content (AvgIpc) is 2.97. The number of nitrogens with zero attached hydrogens (tertiary/aromatic N) is 2. The molecule has 2 fully saturated rings. The molecule has 0 N–H and O–H groups in total. The Kier molecular flexibility index (Phi) is 5.11. The van der Waals surface area contributed by atoms with Crippen LogP contribution in [0.25, 0.3) is 0 Å². The molecule has 2 saturated heterocycles. The van der Waals surface area contributed by atoms with Gasteiger partial charge in [0, 0.05) is 23.4 Å². The highest BCUT2D eigenvalue weighted by Gasteiger charge is 2.49. The van der Waals surface area contributed by atoms with Crippen molar-refractivity contribution in [2.45, 2.75) is 31.6 Å². The third-order valence-electron chi connectivity index (χ3n) is 4.20. The van der Waals surface area contributed by atoms with Gasteiger partial charge in [-0.05, 0) is 18.1 Å². The van der Waals surface area contributed by atoms with E-state index in [1.165, 1.54) is 11.8 Å². The van der Waals surface area contributed by atoms with Crippen molar-refractivity contribution in [1.82, 2.24) is 0 Å². The standard InChI is InChI=1S/C17H22N2O4S2/c1-11(2)7-16(20)18-17-19(12-5-4-6-13(8-12)23-3)14-9-25(21,22)10-15(14)24-17/h4-6,8,11,14-15H,7,9-10H2,1-3H3/t14-,15+/m1/s1. The molecule has 8 heteroatoms. The second-order valence-electron chi connectivity index (χ2n) is 6.76. The van der Waals surface area contributed by atoms with Crippen molar-refractivity contribution in [2.24, 2.45) is 10.9 Å². The quantitative estimate of drug-likeness (QED) is 0.796. The Morgan fingerprint density at radius 2 is 2.16 bits per heavy atom. The minimum Gasteiger partial charge on any atom is -0.497 e. The van der Waals surface area contributed by atoms with Crippen LogP contribution < -0.4 is 9.64 Å². The molecular weight excluding hydrogens is 360 g/mol. The van der Waals surface area contributed by atoms with E-state index < -0.39 is 9.84 Å². The van der Waals surface area contributed by atoms with Crippen LogP contribution >= 0.6 is 11.8 Å². The van der Waals surface area contributed by atoms with Crippen LogP contribution in [0, 0.1) is 5.92 Å². The molecule has 0 unspecified atom stereocenters. The molecule has 2 atom stereocenters. The highest BCUT2D eigenvalue weighted by Crippen LogP contribution is 2.41. The van der Waals surface area contributed by atoms with Crippen molar-refractivity contribution in [3.8, 4) is 5.75 Å². The fourth-order valence-electron chi connectivity index (χ4n) is 3.13. The van der Waals surface area contributed by atoms with Gasteiger partial charge in [0.2, 0.25) is 5.91 Å². The molecule has 2 aliphatic rings. The third kappa shape index (κ3) is 4.00. The number of fused-ring (bicyclic) bond motifs is 1. The van der Waals surface area contributed by atoms with Crippen LogP contribution in [-0.2, 0) is 14.6 Å². The van der Waals surface area contributed by atoms with Crippen molar-refractivity contribution in [3.05, 3.63) is 24.3 Å². The van der Waals surface area contributed by atoms with E-state index in [1.807, 2.05) is 43.0 Å². The van der Waals surface area contributed by atoms with Crippen molar-refractivity contribution >= 4 is 38.4 Å². The topological polar surface area (TPSA) is 76.0 Å². The Balaban J connectivity index is 1.97. The van der Waals surface area contributed by atoms with Crippen LogP contribution in [0.15, 0.2) is 29.3 Å². The van der Waals surface area contributed by atoms with Gasteiger partial charge < -0.3 is 9.64 Å². The van der Waals surface area contributed by atoms with Gasteiger partial charge in [-0.1, -0.05) is 31.7 Å². The van der Waals surface area contributed by atoms with Crippen molar-refractivity contribution in [1.29, 1.82) is 0 Å². The monoisotopic (exact) mass is 382 g/mol. The van der Waals surface area contributed by atoms with E-state index in [2.05, 4.69) is 4.99 Å². The van der Waals surface area contributed by atoms with Gasteiger partial charge in [-0.3, -0.25) is 4.79 Å². The molecule has 3 rings (SSSR count). The minimum atomic E-state index is -3.07. The number of ether oxygens (including phenoxy) is 1. The predicted octanol–water partition coefficient (Wildman–Crippen LogP) is 2.34. The number of carbonyl (C=O) groups is 1. The number of methoxy groups -OCH3 is 1. The first-order valence-electron chi connectivity index (χ1n) is 8.21. The summed E-state index contributed by atoms with van der Waals surface area (Å²) in [6, 6.07) is 7.21. The number of sulfone groups is 1. The molecular formula is C17H22N2O4S2.